The summed E-state index contributed by atoms with van der Waals surface area (Å²) in [5.74, 6) is -0.486. The second kappa shape index (κ2) is 5.43. The van der Waals surface area contributed by atoms with Gasteiger partial charge in [-0.3, -0.25) is 0 Å². The van der Waals surface area contributed by atoms with Gasteiger partial charge < -0.3 is 0 Å². The van der Waals surface area contributed by atoms with Crippen LogP contribution in [0.5, 0.6) is 0 Å². The van der Waals surface area contributed by atoms with Gasteiger partial charge in [0, 0.05) is 10.5 Å². The van der Waals surface area contributed by atoms with Gasteiger partial charge in [0.1, 0.15) is 12.1 Å². The summed E-state index contributed by atoms with van der Waals surface area (Å²) in [7, 11) is 0. The van der Waals surface area contributed by atoms with Crippen LogP contribution in [0, 0.1) is 5.82 Å². The molecule has 0 saturated heterocycles. The Hall–Kier alpha value is -0.840. The van der Waals surface area contributed by atoms with Crippen molar-refractivity contribution in [3.63, 3.8) is 0 Å². The highest BCUT2D eigenvalue weighted by molar-refractivity contribution is 7.80. The fraction of sp³-hybridized carbons (Fsp3) is 0.167. The Bertz CT molecular complexity index is 605. The first kappa shape index (κ1) is 13.6. The van der Waals surface area contributed by atoms with Gasteiger partial charge in [0.15, 0.2) is 0 Å². The van der Waals surface area contributed by atoms with Crippen LogP contribution in [0.2, 0.25) is 10.0 Å². The van der Waals surface area contributed by atoms with Crippen LogP contribution in [0.15, 0.2) is 23.4 Å². The number of thiol groups is 1. The van der Waals surface area contributed by atoms with Crippen molar-refractivity contribution in [2.75, 3.05) is 0 Å². The van der Waals surface area contributed by atoms with E-state index < -0.39 is 5.82 Å². The van der Waals surface area contributed by atoms with Crippen LogP contribution >= 0.6 is 35.8 Å². The van der Waals surface area contributed by atoms with E-state index in [1.54, 1.807) is 0 Å². The lowest BCUT2D eigenvalue weighted by Gasteiger charge is -2.09. The standard InChI is InChI=1S/C12H9Cl2FN2S/c1-2-9-11(14)12(17-5-16-9)6-3-10(18)7(13)4-8(6)15/h3-5,18H,2H2,1H3. The van der Waals surface area contributed by atoms with Gasteiger partial charge in [-0.05, 0) is 18.6 Å². The Morgan fingerprint density at radius 2 is 2.00 bits per heavy atom. The number of hydrogen-bond donors (Lipinski definition) is 1. The minimum absolute atomic E-state index is 0.250. The predicted octanol–water partition coefficient (Wildman–Crippen LogP) is 4.44. The van der Waals surface area contributed by atoms with Crippen LogP contribution in [0.1, 0.15) is 12.6 Å². The number of rotatable bonds is 2. The molecule has 1 aromatic heterocycles. The first-order chi connectivity index (χ1) is 8.54. The SMILES string of the molecule is CCc1ncnc(-c2cc(S)c(Cl)cc2F)c1Cl. The molecule has 6 heteroatoms. The Balaban J connectivity index is 2.66. The van der Waals surface area contributed by atoms with Gasteiger partial charge in [0.05, 0.1) is 21.4 Å². The van der Waals surface area contributed by atoms with Crippen LogP contribution in [0.4, 0.5) is 4.39 Å². The minimum atomic E-state index is -0.486. The van der Waals surface area contributed by atoms with Crippen molar-refractivity contribution in [3.8, 4) is 11.3 Å². The molecule has 1 aromatic carbocycles. The monoisotopic (exact) mass is 302 g/mol. The fourth-order valence-electron chi connectivity index (χ4n) is 1.56. The third-order valence-electron chi connectivity index (χ3n) is 2.49. The lowest BCUT2D eigenvalue weighted by Crippen LogP contribution is -1.96. The summed E-state index contributed by atoms with van der Waals surface area (Å²) in [4.78, 5) is 8.54. The molecule has 94 valence electrons. The second-order valence-corrected chi connectivity index (χ2v) is 4.89. The maximum Gasteiger partial charge on any atom is 0.134 e. The van der Waals surface area contributed by atoms with E-state index in [-0.39, 0.29) is 10.6 Å². The van der Waals surface area contributed by atoms with Crippen molar-refractivity contribution in [1.82, 2.24) is 9.97 Å². The van der Waals surface area contributed by atoms with Crippen molar-refractivity contribution >= 4 is 35.8 Å². The van der Waals surface area contributed by atoms with Gasteiger partial charge in [-0.25, -0.2) is 14.4 Å². The molecular formula is C12H9Cl2FN2S. The number of nitrogens with zero attached hydrogens (tertiary/aromatic N) is 2. The van der Waals surface area contributed by atoms with Crippen molar-refractivity contribution in [3.05, 3.63) is 40.0 Å². The Labute approximate surface area is 120 Å². The molecule has 0 spiro atoms. The van der Waals surface area contributed by atoms with E-state index >= 15 is 0 Å². The molecule has 0 atom stereocenters. The molecule has 0 aliphatic rings. The summed E-state index contributed by atoms with van der Waals surface area (Å²) in [6.45, 7) is 1.92. The zero-order valence-corrected chi connectivity index (χ0v) is 11.8. The molecule has 0 fully saturated rings. The van der Waals surface area contributed by atoms with Gasteiger partial charge >= 0.3 is 0 Å². The molecule has 0 amide bonds. The summed E-state index contributed by atoms with van der Waals surface area (Å²) >= 11 is 16.1. The zero-order chi connectivity index (χ0) is 13.3. The Morgan fingerprint density at radius 3 is 2.67 bits per heavy atom. The van der Waals surface area contributed by atoms with E-state index in [9.17, 15) is 4.39 Å². The number of hydrogen-bond acceptors (Lipinski definition) is 3. The molecular weight excluding hydrogens is 294 g/mol. The third-order valence-corrected chi connectivity index (χ3v) is 3.70. The maximum absolute atomic E-state index is 13.9. The average molecular weight is 303 g/mol. The smallest absolute Gasteiger partial charge is 0.134 e. The van der Waals surface area contributed by atoms with Crippen LogP contribution in [0.3, 0.4) is 0 Å². The molecule has 0 aliphatic carbocycles. The summed E-state index contributed by atoms with van der Waals surface area (Å²) in [6, 6.07) is 2.71. The Morgan fingerprint density at radius 1 is 1.28 bits per heavy atom. The van der Waals surface area contributed by atoms with Gasteiger partial charge in [-0.1, -0.05) is 30.1 Å². The molecule has 0 bridgehead atoms. The molecule has 2 nitrogen and oxygen atoms in total. The number of benzene rings is 1. The molecule has 2 rings (SSSR count). The van der Waals surface area contributed by atoms with Gasteiger partial charge in [-0.15, -0.1) is 12.6 Å². The zero-order valence-electron chi connectivity index (χ0n) is 9.41. The molecule has 0 N–H and O–H groups in total. The topological polar surface area (TPSA) is 25.8 Å². The predicted molar refractivity (Wildman–Crippen MR) is 74.1 cm³/mol. The van der Waals surface area contributed by atoms with Crippen LogP contribution in [-0.4, -0.2) is 9.97 Å². The van der Waals surface area contributed by atoms with Gasteiger partial charge in [-0.2, -0.15) is 0 Å². The average Bonchev–Trinajstić information content (AvgIpc) is 2.34. The molecule has 1 heterocycles. The lowest BCUT2D eigenvalue weighted by atomic mass is 10.1. The van der Waals surface area contributed by atoms with Crippen LogP contribution in [-0.2, 0) is 6.42 Å². The minimum Gasteiger partial charge on any atom is -0.240 e. The van der Waals surface area contributed by atoms with E-state index in [1.165, 1.54) is 18.5 Å². The largest absolute Gasteiger partial charge is 0.240 e. The van der Waals surface area contributed by atoms with E-state index in [4.69, 9.17) is 23.2 Å². The lowest BCUT2D eigenvalue weighted by molar-refractivity contribution is 0.629. The molecule has 0 saturated carbocycles. The maximum atomic E-state index is 13.9. The van der Waals surface area contributed by atoms with Crippen LogP contribution in [0.25, 0.3) is 11.3 Å². The van der Waals surface area contributed by atoms with E-state index in [2.05, 4.69) is 22.6 Å². The summed E-state index contributed by atoms with van der Waals surface area (Å²) in [5.41, 5.74) is 1.30. The highest BCUT2D eigenvalue weighted by Crippen LogP contribution is 2.33. The second-order valence-electron chi connectivity index (χ2n) is 3.62. The number of aryl methyl sites for hydroxylation is 1. The summed E-state index contributed by atoms with van der Waals surface area (Å²) in [5, 5.41) is 0.606. The van der Waals surface area contributed by atoms with Crippen molar-refractivity contribution in [2.24, 2.45) is 0 Å². The molecule has 2 aromatic rings. The number of halogens is 3. The Kier molecular flexibility index (Phi) is 4.10. The van der Waals surface area contributed by atoms with E-state index in [1.807, 2.05) is 6.92 Å². The molecule has 0 unspecified atom stereocenters. The normalized spacial score (nSPS) is 10.7. The fourth-order valence-corrected chi connectivity index (χ4v) is 2.24. The van der Waals surface area contributed by atoms with Crippen molar-refractivity contribution in [2.45, 2.75) is 18.2 Å². The molecule has 18 heavy (non-hydrogen) atoms. The highest BCUT2D eigenvalue weighted by atomic mass is 35.5. The first-order valence-corrected chi connectivity index (χ1v) is 6.42. The van der Waals surface area contributed by atoms with Crippen molar-refractivity contribution < 1.29 is 4.39 Å². The first-order valence-electron chi connectivity index (χ1n) is 5.22. The van der Waals surface area contributed by atoms with Gasteiger partial charge in [0.2, 0.25) is 0 Å². The van der Waals surface area contributed by atoms with E-state index in [0.717, 1.165) is 0 Å². The van der Waals surface area contributed by atoms with Crippen molar-refractivity contribution in [1.29, 1.82) is 0 Å². The van der Waals surface area contributed by atoms with E-state index in [0.29, 0.717) is 27.7 Å². The highest BCUT2D eigenvalue weighted by Gasteiger charge is 2.15. The van der Waals surface area contributed by atoms with Crippen LogP contribution < -0.4 is 0 Å². The quantitative estimate of drug-likeness (QED) is 0.830. The third kappa shape index (κ3) is 2.46. The number of aromatic nitrogens is 2. The molecule has 0 aliphatic heterocycles. The summed E-state index contributed by atoms with van der Waals surface area (Å²) < 4.78 is 13.9. The van der Waals surface area contributed by atoms with Gasteiger partial charge in [0.25, 0.3) is 0 Å². The summed E-state index contributed by atoms with van der Waals surface area (Å²) in [6.07, 6.45) is 2.02. The molecule has 0 radical (unpaired) electrons.